The number of benzene rings is 1. The average Bonchev–Trinajstić information content (AvgIpc) is 2.39. The standard InChI is InChI=1S/C14H19ClN2O/c1-14(16-2)6-8-17(9-7-14)13(18)11-4-3-5-12(15)10-11/h3-5,10,16H,6-9H2,1-2H3. The Hall–Kier alpha value is -1.06. The largest absolute Gasteiger partial charge is 0.339 e. The molecule has 0 bridgehead atoms. The van der Waals surface area contributed by atoms with Crippen LogP contribution in [-0.4, -0.2) is 36.5 Å². The van der Waals surface area contributed by atoms with E-state index in [2.05, 4.69) is 12.2 Å². The van der Waals surface area contributed by atoms with Gasteiger partial charge in [-0.15, -0.1) is 0 Å². The molecule has 0 spiro atoms. The van der Waals surface area contributed by atoms with Crippen molar-refractivity contribution in [3.05, 3.63) is 34.9 Å². The Bertz CT molecular complexity index is 439. The maximum absolute atomic E-state index is 12.3. The van der Waals surface area contributed by atoms with Crippen molar-refractivity contribution < 1.29 is 4.79 Å². The molecule has 1 amide bonds. The zero-order valence-electron chi connectivity index (χ0n) is 10.9. The van der Waals surface area contributed by atoms with E-state index in [1.54, 1.807) is 12.1 Å². The van der Waals surface area contributed by atoms with Crippen molar-refractivity contribution in [1.82, 2.24) is 10.2 Å². The first kappa shape index (κ1) is 13.4. The number of piperidine rings is 1. The van der Waals surface area contributed by atoms with Crippen LogP contribution in [-0.2, 0) is 0 Å². The van der Waals surface area contributed by atoms with Gasteiger partial charge in [0, 0.05) is 29.2 Å². The Labute approximate surface area is 113 Å². The van der Waals surface area contributed by atoms with Crippen LogP contribution in [0.3, 0.4) is 0 Å². The van der Waals surface area contributed by atoms with E-state index < -0.39 is 0 Å². The minimum absolute atomic E-state index is 0.0793. The Balaban J connectivity index is 2.04. The summed E-state index contributed by atoms with van der Waals surface area (Å²) in [4.78, 5) is 14.2. The Kier molecular flexibility index (Phi) is 3.93. The summed E-state index contributed by atoms with van der Waals surface area (Å²) in [5, 5.41) is 3.94. The van der Waals surface area contributed by atoms with Crippen LogP contribution < -0.4 is 5.32 Å². The third kappa shape index (κ3) is 2.85. The fraction of sp³-hybridized carbons (Fsp3) is 0.500. The molecule has 0 radical (unpaired) electrons. The van der Waals surface area contributed by atoms with Gasteiger partial charge in [-0.1, -0.05) is 17.7 Å². The van der Waals surface area contributed by atoms with Gasteiger partial charge in [-0.05, 0) is 45.0 Å². The minimum Gasteiger partial charge on any atom is -0.339 e. The van der Waals surface area contributed by atoms with E-state index in [1.165, 1.54) is 0 Å². The van der Waals surface area contributed by atoms with Crippen LogP contribution in [0.1, 0.15) is 30.1 Å². The molecule has 0 saturated carbocycles. The number of carbonyl (C=O) groups excluding carboxylic acids is 1. The summed E-state index contributed by atoms with van der Waals surface area (Å²) in [5.74, 6) is 0.0793. The van der Waals surface area contributed by atoms with Crippen molar-refractivity contribution in [2.75, 3.05) is 20.1 Å². The summed E-state index contributed by atoms with van der Waals surface area (Å²) in [7, 11) is 1.98. The van der Waals surface area contributed by atoms with Gasteiger partial charge in [-0.2, -0.15) is 0 Å². The van der Waals surface area contributed by atoms with Crippen molar-refractivity contribution in [3.8, 4) is 0 Å². The number of amides is 1. The highest BCUT2D eigenvalue weighted by Crippen LogP contribution is 2.23. The first-order chi connectivity index (χ1) is 8.54. The van der Waals surface area contributed by atoms with E-state index in [1.807, 2.05) is 24.1 Å². The molecular formula is C14H19ClN2O. The van der Waals surface area contributed by atoms with Crippen molar-refractivity contribution in [2.45, 2.75) is 25.3 Å². The molecule has 18 heavy (non-hydrogen) atoms. The quantitative estimate of drug-likeness (QED) is 0.892. The molecule has 1 aromatic carbocycles. The lowest BCUT2D eigenvalue weighted by molar-refractivity contribution is 0.0662. The fourth-order valence-corrected chi connectivity index (χ4v) is 2.45. The maximum atomic E-state index is 12.3. The molecule has 0 aliphatic carbocycles. The Morgan fingerprint density at radius 2 is 2.06 bits per heavy atom. The molecular weight excluding hydrogens is 248 g/mol. The van der Waals surface area contributed by atoms with Gasteiger partial charge < -0.3 is 10.2 Å². The molecule has 0 aromatic heterocycles. The number of halogens is 1. The second kappa shape index (κ2) is 5.29. The summed E-state index contributed by atoms with van der Waals surface area (Å²) in [5.41, 5.74) is 0.834. The van der Waals surface area contributed by atoms with E-state index in [4.69, 9.17) is 11.6 Å². The SMILES string of the molecule is CNC1(C)CCN(C(=O)c2cccc(Cl)c2)CC1. The zero-order valence-corrected chi connectivity index (χ0v) is 11.6. The normalized spacial score (nSPS) is 18.7. The molecule has 1 heterocycles. The number of likely N-dealkylation sites (tertiary alicyclic amines) is 1. The lowest BCUT2D eigenvalue weighted by Crippen LogP contribution is -2.51. The van der Waals surface area contributed by atoms with Crippen LogP contribution in [0.5, 0.6) is 0 Å². The molecule has 98 valence electrons. The summed E-state index contributed by atoms with van der Waals surface area (Å²) in [6.07, 6.45) is 1.96. The highest BCUT2D eigenvalue weighted by Gasteiger charge is 2.30. The molecule has 3 nitrogen and oxygen atoms in total. The third-order valence-corrected chi connectivity index (χ3v) is 4.06. The van der Waals surface area contributed by atoms with Gasteiger partial charge in [-0.3, -0.25) is 4.79 Å². The van der Waals surface area contributed by atoms with Crippen LogP contribution in [0, 0.1) is 0 Å². The number of nitrogens with one attached hydrogen (secondary N) is 1. The van der Waals surface area contributed by atoms with E-state index in [9.17, 15) is 4.79 Å². The van der Waals surface area contributed by atoms with Crippen LogP contribution in [0.2, 0.25) is 5.02 Å². The Morgan fingerprint density at radius 3 is 2.61 bits per heavy atom. The van der Waals surface area contributed by atoms with Crippen molar-refractivity contribution in [3.63, 3.8) is 0 Å². The average molecular weight is 267 g/mol. The number of carbonyl (C=O) groups is 1. The van der Waals surface area contributed by atoms with Crippen LogP contribution in [0.4, 0.5) is 0 Å². The Morgan fingerprint density at radius 1 is 1.39 bits per heavy atom. The van der Waals surface area contributed by atoms with Gasteiger partial charge in [0.15, 0.2) is 0 Å². The van der Waals surface area contributed by atoms with Crippen molar-refractivity contribution in [1.29, 1.82) is 0 Å². The van der Waals surface area contributed by atoms with E-state index in [0.717, 1.165) is 25.9 Å². The summed E-state index contributed by atoms with van der Waals surface area (Å²) in [6.45, 7) is 3.79. The number of nitrogens with zero attached hydrogens (tertiary/aromatic N) is 1. The topological polar surface area (TPSA) is 32.3 Å². The number of hydrogen-bond acceptors (Lipinski definition) is 2. The molecule has 1 aromatic rings. The van der Waals surface area contributed by atoms with Gasteiger partial charge >= 0.3 is 0 Å². The lowest BCUT2D eigenvalue weighted by Gasteiger charge is -2.39. The minimum atomic E-state index is 0.0793. The first-order valence-electron chi connectivity index (χ1n) is 6.28. The molecule has 0 atom stereocenters. The van der Waals surface area contributed by atoms with Crippen molar-refractivity contribution in [2.24, 2.45) is 0 Å². The van der Waals surface area contributed by atoms with Gasteiger partial charge in [-0.25, -0.2) is 0 Å². The molecule has 1 saturated heterocycles. The molecule has 0 unspecified atom stereocenters. The molecule has 4 heteroatoms. The molecule has 1 aliphatic heterocycles. The van der Waals surface area contributed by atoms with Gasteiger partial charge in [0.05, 0.1) is 0 Å². The van der Waals surface area contributed by atoms with Gasteiger partial charge in [0.1, 0.15) is 0 Å². The van der Waals surface area contributed by atoms with E-state index in [-0.39, 0.29) is 11.4 Å². The van der Waals surface area contributed by atoms with Crippen molar-refractivity contribution >= 4 is 17.5 Å². The highest BCUT2D eigenvalue weighted by atomic mass is 35.5. The molecule has 1 N–H and O–H groups in total. The van der Waals surface area contributed by atoms with Crippen LogP contribution >= 0.6 is 11.6 Å². The highest BCUT2D eigenvalue weighted by molar-refractivity contribution is 6.30. The number of rotatable bonds is 2. The molecule has 1 aliphatic rings. The maximum Gasteiger partial charge on any atom is 0.253 e. The van der Waals surface area contributed by atoms with Crippen LogP contribution in [0.25, 0.3) is 0 Å². The monoisotopic (exact) mass is 266 g/mol. The predicted octanol–water partition coefficient (Wildman–Crippen LogP) is 2.55. The van der Waals surface area contributed by atoms with Gasteiger partial charge in [0.2, 0.25) is 0 Å². The van der Waals surface area contributed by atoms with E-state index in [0.29, 0.717) is 10.6 Å². The predicted molar refractivity (Wildman–Crippen MR) is 74.1 cm³/mol. The summed E-state index contributed by atoms with van der Waals surface area (Å²) < 4.78 is 0. The summed E-state index contributed by atoms with van der Waals surface area (Å²) in [6, 6.07) is 7.15. The fourth-order valence-electron chi connectivity index (χ4n) is 2.26. The number of hydrogen-bond donors (Lipinski definition) is 1. The summed E-state index contributed by atoms with van der Waals surface area (Å²) >= 11 is 5.91. The second-order valence-electron chi connectivity index (χ2n) is 5.11. The molecule has 2 rings (SSSR count). The zero-order chi connectivity index (χ0) is 13.2. The van der Waals surface area contributed by atoms with Crippen LogP contribution in [0.15, 0.2) is 24.3 Å². The first-order valence-corrected chi connectivity index (χ1v) is 6.66. The smallest absolute Gasteiger partial charge is 0.253 e. The van der Waals surface area contributed by atoms with Gasteiger partial charge in [0.25, 0.3) is 5.91 Å². The van der Waals surface area contributed by atoms with E-state index >= 15 is 0 Å². The third-order valence-electron chi connectivity index (χ3n) is 3.83. The molecule has 1 fully saturated rings. The lowest BCUT2D eigenvalue weighted by atomic mass is 9.89. The second-order valence-corrected chi connectivity index (χ2v) is 5.55.